The van der Waals surface area contributed by atoms with E-state index in [0.717, 1.165) is 29.4 Å². The van der Waals surface area contributed by atoms with Gasteiger partial charge in [-0.2, -0.15) is 5.10 Å². The second-order valence-electron chi connectivity index (χ2n) is 5.07. The van der Waals surface area contributed by atoms with Crippen molar-refractivity contribution in [2.24, 2.45) is 5.73 Å². The second-order valence-corrected chi connectivity index (χ2v) is 6.02. The van der Waals surface area contributed by atoms with E-state index in [4.69, 9.17) is 5.73 Å². The van der Waals surface area contributed by atoms with Crippen LogP contribution >= 0.6 is 11.3 Å². The van der Waals surface area contributed by atoms with Gasteiger partial charge in [-0.25, -0.2) is 4.98 Å². The van der Waals surface area contributed by atoms with E-state index in [1.807, 2.05) is 6.20 Å². The Morgan fingerprint density at radius 3 is 2.89 bits per heavy atom. The monoisotopic (exact) mass is 277 g/mol. The largest absolute Gasteiger partial charge is 0.325 e. The van der Waals surface area contributed by atoms with Crippen molar-refractivity contribution in [2.75, 3.05) is 20.1 Å². The maximum absolute atomic E-state index is 5.60. The van der Waals surface area contributed by atoms with Gasteiger partial charge in [-0.1, -0.05) is 0 Å². The van der Waals surface area contributed by atoms with Gasteiger partial charge in [-0.15, -0.1) is 11.3 Å². The molecular weight excluding hydrogens is 258 g/mol. The van der Waals surface area contributed by atoms with Crippen molar-refractivity contribution in [3.63, 3.8) is 0 Å². The van der Waals surface area contributed by atoms with Gasteiger partial charge in [0.15, 0.2) is 0 Å². The van der Waals surface area contributed by atoms with Crippen LogP contribution in [0.3, 0.4) is 0 Å². The molecule has 0 radical (unpaired) electrons. The summed E-state index contributed by atoms with van der Waals surface area (Å²) in [6.45, 7) is 2.80. The lowest BCUT2D eigenvalue weighted by Crippen LogP contribution is -2.31. The third kappa shape index (κ3) is 2.70. The predicted octanol–water partition coefficient (Wildman–Crippen LogP) is 1.73. The highest BCUT2D eigenvalue weighted by atomic mass is 32.1. The molecule has 0 atom stereocenters. The first-order valence-corrected chi connectivity index (χ1v) is 7.52. The Balaban J connectivity index is 1.75. The third-order valence-corrected chi connectivity index (χ3v) is 4.56. The Kier molecular flexibility index (Phi) is 3.63. The summed E-state index contributed by atoms with van der Waals surface area (Å²) in [5, 5.41) is 7.54. The Morgan fingerprint density at radius 2 is 2.21 bits per heavy atom. The molecular formula is C13H19N5S. The molecule has 0 aromatic carbocycles. The van der Waals surface area contributed by atoms with Gasteiger partial charge in [-0.3, -0.25) is 4.68 Å². The van der Waals surface area contributed by atoms with Gasteiger partial charge >= 0.3 is 0 Å². The molecule has 2 N–H and O–H groups in total. The molecule has 1 fully saturated rings. The van der Waals surface area contributed by atoms with E-state index >= 15 is 0 Å². The molecule has 0 saturated carbocycles. The minimum atomic E-state index is 0.508. The van der Waals surface area contributed by atoms with E-state index in [9.17, 15) is 0 Å². The fraction of sp³-hybridized carbons (Fsp3) is 0.538. The van der Waals surface area contributed by atoms with E-state index in [2.05, 4.69) is 38.3 Å². The topological polar surface area (TPSA) is 60.0 Å². The van der Waals surface area contributed by atoms with E-state index in [1.54, 1.807) is 11.3 Å². The minimum absolute atomic E-state index is 0.508. The Labute approximate surface area is 117 Å². The van der Waals surface area contributed by atoms with Crippen LogP contribution in [0.25, 0.3) is 11.3 Å². The number of nitrogens with two attached hydrogens (primary N) is 1. The normalized spacial score (nSPS) is 18.0. The lowest BCUT2D eigenvalue weighted by Gasteiger charge is -2.28. The van der Waals surface area contributed by atoms with Gasteiger partial charge in [0, 0.05) is 23.7 Å². The molecule has 6 heteroatoms. The van der Waals surface area contributed by atoms with Crippen LogP contribution in [-0.2, 0) is 6.54 Å². The number of nitrogens with zero attached hydrogens (tertiary/aromatic N) is 4. The molecule has 19 heavy (non-hydrogen) atoms. The van der Waals surface area contributed by atoms with Crippen molar-refractivity contribution in [2.45, 2.75) is 25.4 Å². The molecule has 1 aliphatic rings. The average Bonchev–Trinajstić information content (AvgIpc) is 3.08. The van der Waals surface area contributed by atoms with Crippen LogP contribution in [0.15, 0.2) is 17.8 Å². The molecule has 0 amide bonds. The Hall–Kier alpha value is -1.24. The van der Waals surface area contributed by atoms with E-state index in [0.29, 0.717) is 12.6 Å². The summed E-state index contributed by atoms with van der Waals surface area (Å²) in [7, 11) is 2.17. The van der Waals surface area contributed by atoms with Gasteiger partial charge in [0.25, 0.3) is 0 Å². The lowest BCUT2D eigenvalue weighted by molar-refractivity contribution is 0.212. The molecule has 3 rings (SSSR count). The van der Waals surface area contributed by atoms with Gasteiger partial charge in [0.1, 0.15) is 5.01 Å². The summed E-state index contributed by atoms with van der Waals surface area (Å²) < 4.78 is 2.10. The number of thiazole rings is 1. The first-order valence-electron chi connectivity index (χ1n) is 6.64. The molecule has 0 bridgehead atoms. The lowest BCUT2D eigenvalue weighted by atomic mass is 10.1. The molecule has 2 aromatic rings. The van der Waals surface area contributed by atoms with E-state index < -0.39 is 0 Å². The first kappa shape index (κ1) is 12.8. The minimum Gasteiger partial charge on any atom is -0.325 e. The molecule has 3 heterocycles. The first-order chi connectivity index (χ1) is 9.26. The van der Waals surface area contributed by atoms with E-state index in [1.165, 1.54) is 12.8 Å². The zero-order valence-electron chi connectivity index (χ0n) is 11.1. The Morgan fingerprint density at radius 1 is 1.42 bits per heavy atom. The molecule has 0 unspecified atom stereocenters. The number of hydrogen-bond acceptors (Lipinski definition) is 5. The Bertz CT molecular complexity index is 539. The molecule has 0 aliphatic carbocycles. The number of likely N-dealkylation sites (tertiary alicyclic amines) is 1. The number of aromatic nitrogens is 3. The third-order valence-electron chi connectivity index (χ3n) is 3.69. The van der Waals surface area contributed by atoms with Crippen LogP contribution in [0.1, 0.15) is 23.9 Å². The number of hydrogen-bond donors (Lipinski definition) is 1. The van der Waals surface area contributed by atoms with Gasteiger partial charge in [-0.05, 0) is 33.0 Å². The van der Waals surface area contributed by atoms with Crippen LogP contribution in [0.2, 0.25) is 0 Å². The average molecular weight is 277 g/mol. The maximum atomic E-state index is 5.60. The smallest absolute Gasteiger partial charge is 0.107 e. The van der Waals surface area contributed by atoms with Crippen LogP contribution in [-0.4, -0.2) is 39.8 Å². The molecule has 5 nitrogen and oxygen atoms in total. The SMILES string of the molecule is CN1CCC(n2cc(-c3csc(CN)n3)cn2)CC1. The van der Waals surface area contributed by atoms with Crippen LogP contribution in [0, 0.1) is 0 Å². The van der Waals surface area contributed by atoms with Crippen LogP contribution in [0.5, 0.6) is 0 Å². The van der Waals surface area contributed by atoms with Crippen LogP contribution in [0.4, 0.5) is 0 Å². The summed E-state index contributed by atoms with van der Waals surface area (Å²) in [6, 6.07) is 0.526. The second kappa shape index (κ2) is 5.40. The summed E-state index contributed by atoms with van der Waals surface area (Å²) in [5.41, 5.74) is 7.68. The summed E-state index contributed by atoms with van der Waals surface area (Å²) in [6.07, 6.45) is 6.37. The summed E-state index contributed by atoms with van der Waals surface area (Å²) in [5.74, 6) is 0. The highest BCUT2D eigenvalue weighted by Gasteiger charge is 2.19. The predicted molar refractivity (Wildman–Crippen MR) is 77.0 cm³/mol. The van der Waals surface area contributed by atoms with Crippen molar-refractivity contribution in [1.82, 2.24) is 19.7 Å². The van der Waals surface area contributed by atoms with Crippen molar-refractivity contribution in [1.29, 1.82) is 0 Å². The summed E-state index contributed by atoms with van der Waals surface area (Å²) in [4.78, 5) is 6.87. The molecule has 0 spiro atoms. The molecule has 1 aliphatic heterocycles. The van der Waals surface area contributed by atoms with Crippen molar-refractivity contribution < 1.29 is 0 Å². The van der Waals surface area contributed by atoms with Crippen molar-refractivity contribution >= 4 is 11.3 Å². The van der Waals surface area contributed by atoms with Crippen molar-refractivity contribution in [3.8, 4) is 11.3 Å². The maximum Gasteiger partial charge on any atom is 0.107 e. The molecule has 2 aromatic heterocycles. The fourth-order valence-corrected chi connectivity index (χ4v) is 3.15. The molecule has 102 valence electrons. The zero-order chi connectivity index (χ0) is 13.2. The quantitative estimate of drug-likeness (QED) is 0.928. The van der Waals surface area contributed by atoms with Gasteiger partial charge < -0.3 is 10.6 Å². The zero-order valence-corrected chi connectivity index (χ0v) is 11.9. The fourth-order valence-electron chi connectivity index (χ4n) is 2.47. The molecule has 1 saturated heterocycles. The van der Waals surface area contributed by atoms with Crippen LogP contribution < -0.4 is 5.73 Å². The van der Waals surface area contributed by atoms with Gasteiger partial charge in [0.05, 0.1) is 17.9 Å². The van der Waals surface area contributed by atoms with E-state index in [-0.39, 0.29) is 0 Å². The standard InChI is InChI=1S/C13H19N5S/c1-17-4-2-11(3-5-17)18-8-10(7-15-18)12-9-19-13(6-14)16-12/h7-9,11H,2-6,14H2,1H3. The highest BCUT2D eigenvalue weighted by Crippen LogP contribution is 2.25. The van der Waals surface area contributed by atoms with Crippen molar-refractivity contribution in [3.05, 3.63) is 22.8 Å². The van der Waals surface area contributed by atoms with Gasteiger partial charge in [0.2, 0.25) is 0 Å². The summed E-state index contributed by atoms with van der Waals surface area (Å²) >= 11 is 1.61. The number of rotatable bonds is 3. The highest BCUT2D eigenvalue weighted by molar-refractivity contribution is 7.09. The number of piperidine rings is 1.